The Balaban J connectivity index is 1.75. The molecule has 2 aromatic rings. The molecule has 0 aliphatic carbocycles. The van der Waals surface area contributed by atoms with E-state index in [4.69, 9.17) is 5.11 Å². The quantitative estimate of drug-likeness (QED) is 0.903. The van der Waals surface area contributed by atoms with E-state index >= 15 is 0 Å². The fourth-order valence-corrected chi connectivity index (χ4v) is 3.17. The van der Waals surface area contributed by atoms with Crippen molar-refractivity contribution in [2.75, 3.05) is 19.7 Å². The Labute approximate surface area is 130 Å². The highest BCUT2D eigenvalue weighted by Gasteiger charge is 2.26. The van der Waals surface area contributed by atoms with Crippen LogP contribution in [-0.4, -0.2) is 45.8 Å². The number of aliphatic hydroxyl groups excluding tert-OH is 1. The van der Waals surface area contributed by atoms with Gasteiger partial charge in [0.05, 0.1) is 6.20 Å². The zero-order chi connectivity index (χ0) is 15.4. The smallest absolute Gasteiger partial charge is 0.248 e. The molecule has 1 aromatic heterocycles. The number of hydrogen-bond acceptors (Lipinski definition) is 3. The molecule has 0 radical (unpaired) electrons. The van der Waals surface area contributed by atoms with Gasteiger partial charge in [0.1, 0.15) is 6.61 Å². The lowest BCUT2D eigenvalue weighted by Gasteiger charge is -2.32. The summed E-state index contributed by atoms with van der Waals surface area (Å²) in [6.07, 6.45) is 4.73. The van der Waals surface area contributed by atoms with Gasteiger partial charge in [-0.05, 0) is 24.0 Å². The maximum absolute atomic E-state index is 11.7. The van der Waals surface area contributed by atoms with Crippen LogP contribution in [0.25, 0.3) is 0 Å². The van der Waals surface area contributed by atoms with Crippen LogP contribution in [0, 0.1) is 0 Å². The van der Waals surface area contributed by atoms with E-state index in [2.05, 4.69) is 22.3 Å². The molecule has 5 heteroatoms. The van der Waals surface area contributed by atoms with E-state index in [1.165, 1.54) is 11.1 Å². The van der Waals surface area contributed by atoms with Gasteiger partial charge in [-0.3, -0.25) is 9.89 Å². The van der Waals surface area contributed by atoms with Crippen molar-refractivity contribution in [1.29, 1.82) is 0 Å². The molecule has 5 nitrogen and oxygen atoms in total. The lowest BCUT2D eigenvalue weighted by Crippen LogP contribution is -2.40. The first-order valence-corrected chi connectivity index (χ1v) is 7.72. The Morgan fingerprint density at radius 2 is 2.18 bits per heavy atom. The molecular formula is C17H21N3O2. The van der Waals surface area contributed by atoms with E-state index in [1.54, 1.807) is 4.90 Å². The molecule has 1 saturated heterocycles. The maximum atomic E-state index is 11.7. The van der Waals surface area contributed by atoms with Gasteiger partial charge in [-0.15, -0.1) is 0 Å². The standard InChI is InChI=1S/C17H21N3O2/c21-12-16(22)20-8-4-7-14(11-20)17-15(10-18-19-17)9-13-5-2-1-3-6-13/h1-3,5-6,10,14,21H,4,7-9,11-12H2,(H,18,19)/t14-/m0/s1. The summed E-state index contributed by atoms with van der Waals surface area (Å²) in [6, 6.07) is 10.3. The summed E-state index contributed by atoms with van der Waals surface area (Å²) in [5.74, 6) is 0.0827. The molecule has 2 N–H and O–H groups in total. The van der Waals surface area contributed by atoms with Crippen LogP contribution < -0.4 is 0 Å². The Bertz CT molecular complexity index is 624. The zero-order valence-electron chi connectivity index (χ0n) is 12.5. The Kier molecular flexibility index (Phi) is 4.53. The van der Waals surface area contributed by atoms with E-state index in [-0.39, 0.29) is 11.8 Å². The largest absolute Gasteiger partial charge is 0.387 e. The molecular weight excluding hydrogens is 278 g/mol. The van der Waals surface area contributed by atoms with Gasteiger partial charge in [0.2, 0.25) is 5.91 Å². The van der Waals surface area contributed by atoms with Crippen LogP contribution >= 0.6 is 0 Å². The van der Waals surface area contributed by atoms with Crippen LogP contribution in [0.2, 0.25) is 0 Å². The van der Waals surface area contributed by atoms with Crippen molar-refractivity contribution in [1.82, 2.24) is 15.1 Å². The molecule has 1 aromatic carbocycles. The number of aromatic amines is 1. The number of nitrogens with zero attached hydrogens (tertiary/aromatic N) is 2. The monoisotopic (exact) mass is 299 g/mol. The normalized spacial score (nSPS) is 18.4. The number of likely N-dealkylation sites (tertiary alicyclic amines) is 1. The third kappa shape index (κ3) is 3.20. The van der Waals surface area contributed by atoms with Crippen molar-refractivity contribution in [3.05, 3.63) is 53.3 Å². The number of rotatable bonds is 4. The molecule has 1 aliphatic rings. The molecule has 0 saturated carbocycles. The van der Waals surface area contributed by atoms with Gasteiger partial charge in [-0.1, -0.05) is 30.3 Å². The van der Waals surface area contributed by atoms with Gasteiger partial charge in [0, 0.05) is 31.1 Å². The minimum atomic E-state index is -0.410. The minimum absolute atomic E-state index is 0.186. The summed E-state index contributed by atoms with van der Waals surface area (Å²) in [5.41, 5.74) is 3.57. The SMILES string of the molecule is O=C(CO)N1CCC[C@H](c2[nH]ncc2Cc2ccccc2)C1. The van der Waals surface area contributed by atoms with Crippen molar-refractivity contribution in [3.8, 4) is 0 Å². The van der Waals surface area contributed by atoms with E-state index in [1.807, 2.05) is 24.4 Å². The fraction of sp³-hybridized carbons (Fsp3) is 0.412. The third-order valence-corrected chi connectivity index (χ3v) is 4.31. The molecule has 0 bridgehead atoms. The first-order chi connectivity index (χ1) is 10.8. The molecule has 3 rings (SSSR count). The Morgan fingerprint density at radius 1 is 1.36 bits per heavy atom. The minimum Gasteiger partial charge on any atom is -0.387 e. The Hall–Kier alpha value is -2.14. The van der Waals surface area contributed by atoms with E-state index in [0.29, 0.717) is 6.54 Å². The van der Waals surface area contributed by atoms with Crippen molar-refractivity contribution in [3.63, 3.8) is 0 Å². The summed E-state index contributed by atoms with van der Waals surface area (Å²) in [5, 5.41) is 16.4. The number of piperidine rings is 1. The number of benzene rings is 1. The lowest BCUT2D eigenvalue weighted by atomic mass is 9.91. The van der Waals surface area contributed by atoms with Gasteiger partial charge in [-0.2, -0.15) is 5.10 Å². The summed E-state index contributed by atoms with van der Waals surface area (Å²) < 4.78 is 0. The summed E-state index contributed by atoms with van der Waals surface area (Å²) in [4.78, 5) is 13.5. The zero-order valence-corrected chi connectivity index (χ0v) is 12.5. The first kappa shape index (κ1) is 14.8. The van der Waals surface area contributed by atoms with E-state index in [9.17, 15) is 4.79 Å². The second kappa shape index (κ2) is 6.75. The molecule has 1 atom stereocenters. The summed E-state index contributed by atoms with van der Waals surface area (Å²) in [6.45, 7) is 0.980. The van der Waals surface area contributed by atoms with Crippen molar-refractivity contribution < 1.29 is 9.90 Å². The average Bonchev–Trinajstić information content (AvgIpc) is 3.03. The number of carbonyl (C=O) groups excluding carboxylic acids is 1. The second-order valence-corrected chi connectivity index (χ2v) is 5.81. The van der Waals surface area contributed by atoms with Crippen molar-refractivity contribution in [2.45, 2.75) is 25.2 Å². The number of aliphatic hydroxyl groups is 1. The van der Waals surface area contributed by atoms with Gasteiger partial charge in [0.15, 0.2) is 0 Å². The highest BCUT2D eigenvalue weighted by molar-refractivity contribution is 5.77. The highest BCUT2D eigenvalue weighted by atomic mass is 16.3. The van der Waals surface area contributed by atoms with Crippen molar-refractivity contribution >= 4 is 5.91 Å². The lowest BCUT2D eigenvalue weighted by molar-refractivity contribution is -0.135. The fourth-order valence-electron chi connectivity index (χ4n) is 3.17. The molecule has 2 heterocycles. The first-order valence-electron chi connectivity index (χ1n) is 7.72. The average molecular weight is 299 g/mol. The van der Waals surface area contributed by atoms with Gasteiger partial charge >= 0.3 is 0 Å². The molecule has 0 unspecified atom stereocenters. The van der Waals surface area contributed by atoms with E-state index in [0.717, 1.165) is 31.5 Å². The predicted molar refractivity (Wildman–Crippen MR) is 83.5 cm³/mol. The number of H-pyrrole nitrogens is 1. The third-order valence-electron chi connectivity index (χ3n) is 4.31. The number of aromatic nitrogens is 2. The Morgan fingerprint density at radius 3 is 2.95 bits per heavy atom. The van der Waals surface area contributed by atoms with Crippen LogP contribution in [-0.2, 0) is 11.2 Å². The topological polar surface area (TPSA) is 69.2 Å². The van der Waals surface area contributed by atoms with Crippen LogP contribution in [0.5, 0.6) is 0 Å². The molecule has 116 valence electrons. The predicted octanol–water partition coefficient (Wildman–Crippen LogP) is 1.70. The molecule has 1 amide bonds. The molecule has 0 spiro atoms. The molecule has 1 fully saturated rings. The molecule has 1 aliphatic heterocycles. The molecule has 22 heavy (non-hydrogen) atoms. The van der Waals surface area contributed by atoms with Gasteiger partial charge in [-0.25, -0.2) is 0 Å². The highest BCUT2D eigenvalue weighted by Crippen LogP contribution is 2.28. The van der Waals surface area contributed by atoms with Gasteiger partial charge in [0.25, 0.3) is 0 Å². The number of hydrogen-bond donors (Lipinski definition) is 2. The van der Waals surface area contributed by atoms with E-state index < -0.39 is 6.61 Å². The van der Waals surface area contributed by atoms with Crippen molar-refractivity contribution in [2.24, 2.45) is 0 Å². The number of amides is 1. The maximum Gasteiger partial charge on any atom is 0.248 e. The number of nitrogens with one attached hydrogen (secondary N) is 1. The summed E-state index contributed by atoms with van der Waals surface area (Å²) >= 11 is 0. The summed E-state index contributed by atoms with van der Waals surface area (Å²) in [7, 11) is 0. The van der Waals surface area contributed by atoms with Crippen LogP contribution in [0.1, 0.15) is 35.6 Å². The van der Waals surface area contributed by atoms with Crippen LogP contribution in [0.4, 0.5) is 0 Å². The van der Waals surface area contributed by atoms with Crippen LogP contribution in [0.15, 0.2) is 36.5 Å². The van der Waals surface area contributed by atoms with Gasteiger partial charge < -0.3 is 10.0 Å². The second-order valence-electron chi connectivity index (χ2n) is 5.81. The number of carbonyl (C=O) groups is 1. The van der Waals surface area contributed by atoms with Crippen LogP contribution in [0.3, 0.4) is 0 Å².